The molecule has 2 aromatic carbocycles. The van der Waals surface area contributed by atoms with Crippen LogP contribution in [0.5, 0.6) is 11.5 Å². The Morgan fingerprint density at radius 1 is 1.03 bits per heavy atom. The van der Waals surface area contributed by atoms with Crippen LogP contribution in [0.4, 0.5) is 5.82 Å². The van der Waals surface area contributed by atoms with E-state index in [1.165, 1.54) is 10.3 Å². The highest BCUT2D eigenvalue weighted by Gasteiger charge is 2.12. The number of rotatable bonds is 7. The molecule has 0 saturated heterocycles. The molecular formula is C24H21N3O2S. The van der Waals surface area contributed by atoms with Crippen LogP contribution in [-0.4, -0.2) is 4.98 Å². The number of aryl methyl sites for hydroxylation is 1. The average molecular weight is 416 g/mol. The number of nitriles is 1. The summed E-state index contributed by atoms with van der Waals surface area (Å²) in [6.45, 7) is 2.91. The number of anilines is 1. The number of thiophene rings is 1. The molecule has 0 atom stereocenters. The summed E-state index contributed by atoms with van der Waals surface area (Å²) in [5.41, 5.74) is 9.94. The Morgan fingerprint density at radius 2 is 1.80 bits per heavy atom. The second-order valence-electron chi connectivity index (χ2n) is 6.85. The maximum absolute atomic E-state index is 9.02. The second kappa shape index (κ2) is 8.85. The summed E-state index contributed by atoms with van der Waals surface area (Å²) in [5.74, 6) is 1.97. The predicted octanol–water partition coefficient (Wildman–Crippen LogP) is 5.47. The van der Waals surface area contributed by atoms with Gasteiger partial charge in [0.15, 0.2) is 0 Å². The van der Waals surface area contributed by atoms with Gasteiger partial charge >= 0.3 is 0 Å². The van der Waals surface area contributed by atoms with Crippen LogP contribution in [0.2, 0.25) is 0 Å². The van der Waals surface area contributed by atoms with E-state index in [1.807, 2.05) is 48.7 Å². The summed E-state index contributed by atoms with van der Waals surface area (Å²) in [6, 6.07) is 17.1. The van der Waals surface area contributed by atoms with E-state index in [9.17, 15) is 0 Å². The molecule has 0 amide bonds. The highest BCUT2D eigenvalue weighted by atomic mass is 32.1. The Bertz CT molecular complexity index is 1230. The number of nitrogen functional groups attached to an aromatic ring is 1. The number of benzene rings is 2. The molecule has 0 spiro atoms. The molecule has 0 fully saturated rings. The highest BCUT2D eigenvalue weighted by molar-refractivity contribution is 7.17. The lowest BCUT2D eigenvalue weighted by Crippen LogP contribution is -1.99. The zero-order valence-electron chi connectivity index (χ0n) is 16.6. The summed E-state index contributed by atoms with van der Waals surface area (Å²) >= 11 is 1.68. The molecule has 0 aliphatic heterocycles. The quantitative estimate of drug-likeness (QED) is 0.433. The molecule has 2 N–H and O–H groups in total. The third kappa shape index (κ3) is 4.22. The van der Waals surface area contributed by atoms with Crippen LogP contribution >= 0.6 is 11.3 Å². The molecule has 0 bridgehead atoms. The largest absolute Gasteiger partial charge is 0.489 e. The Kier molecular flexibility index (Phi) is 5.82. The topological polar surface area (TPSA) is 81.2 Å². The average Bonchev–Trinajstić information content (AvgIpc) is 3.22. The van der Waals surface area contributed by atoms with Crippen molar-refractivity contribution in [1.29, 1.82) is 5.26 Å². The van der Waals surface area contributed by atoms with Gasteiger partial charge in [-0.05, 0) is 47.2 Å². The predicted molar refractivity (Wildman–Crippen MR) is 120 cm³/mol. The fraction of sp³-hybridized carbons (Fsp3) is 0.167. The van der Waals surface area contributed by atoms with Crippen molar-refractivity contribution < 1.29 is 9.47 Å². The lowest BCUT2D eigenvalue weighted by atomic mass is 10.1. The molecule has 4 aromatic rings. The highest BCUT2D eigenvalue weighted by Crippen LogP contribution is 2.33. The number of hydrogen-bond acceptors (Lipinski definition) is 6. The van der Waals surface area contributed by atoms with E-state index in [2.05, 4.69) is 23.4 Å². The first-order valence-corrected chi connectivity index (χ1v) is 10.5. The van der Waals surface area contributed by atoms with Gasteiger partial charge in [-0.25, -0.2) is 4.98 Å². The van der Waals surface area contributed by atoms with Crippen molar-refractivity contribution in [2.24, 2.45) is 0 Å². The van der Waals surface area contributed by atoms with E-state index in [1.54, 1.807) is 17.4 Å². The van der Waals surface area contributed by atoms with E-state index in [-0.39, 0.29) is 0 Å². The summed E-state index contributed by atoms with van der Waals surface area (Å²) in [7, 11) is 0. The number of nitrogens with two attached hydrogens (primary N) is 1. The molecule has 2 heterocycles. The Balaban J connectivity index is 1.45. The first-order valence-electron chi connectivity index (χ1n) is 9.66. The molecule has 6 heteroatoms. The van der Waals surface area contributed by atoms with Crippen LogP contribution in [0.1, 0.15) is 29.2 Å². The van der Waals surface area contributed by atoms with Gasteiger partial charge < -0.3 is 15.2 Å². The minimum Gasteiger partial charge on any atom is -0.489 e. The summed E-state index contributed by atoms with van der Waals surface area (Å²) in [4.78, 5) is 4.33. The zero-order chi connectivity index (χ0) is 20.9. The summed E-state index contributed by atoms with van der Waals surface area (Å²) in [5, 5.41) is 12.1. The van der Waals surface area contributed by atoms with Gasteiger partial charge in [0, 0.05) is 27.9 Å². The number of aromatic nitrogens is 1. The smallest absolute Gasteiger partial charge is 0.132 e. The number of hydrogen-bond donors (Lipinski definition) is 1. The van der Waals surface area contributed by atoms with E-state index < -0.39 is 0 Å². The number of pyridine rings is 1. The van der Waals surface area contributed by atoms with Crippen LogP contribution in [0, 0.1) is 11.3 Å². The number of nitrogens with zero attached hydrogens (tertiary/aromatic N) is 2. The van der Waals surface area contributed by atoms with E-state index in [4.69, 9.17) is 20.5 Å². The standard InChI is InChI=1S/C24H21N3O2S/c1-2-18-12-27-24(26)22-19(15-30-23(18)22)14-29-21-8-4-7-20(10-21)28-13-17-6-3-5-16(9-17)11-25/h3-10,12,15H,2,13-14H2,1H3,(H2,26,27). The van der Waals surface area contributed by atoms with Gasteiger partial charge in [0.05, 0.1) is 11.6 Å². The van der Waals surface area contributed by atoms with Crippen LogP contribution in [0.3, 0.4) is 0 Å². The molecule has 0 saturated carbocycles. The Hall–Kier alpha value is -3.56. The third-order valence-corrected chi connectivity index (χ3v) is 5.92. The van der Waals surface area contributed by atoms with Gasteiger partial charge in [-0.1, -0.05) is 25.1 Å². The molecule has 0 radical (unpaired) electrons. The molecular weight excluding hydrogens is 394 g/mol. The van der Waals surface area contributed by atoms with Crippen molar-refractivity contribution in [3.63, 3.8) is 0 Å². The third-order valence-electron chi connectivity index (χ3n) is 4.82. The minimum atomic E-state index is 0.385. The molecule has 30 heavy (non-hydrogen) atoms. The summed E-state index contributed by atoms with van der Waals surface area (Å²) < 4.78 is 13.1. The van der Waals surface area contributed by atoms with Crippen LogP contribution in [0.25, 0.3) is 10.1 Å². The van der Waals surface area contributed by atoms with Crippen molar-refractivity contribution in [3.8, 4) is 17.6 Å². The first kappa shape index (κ1) is 19.7. The first-order chi connectivity index (χ1) is 14.7. The molecule has 0 aliphatic carbocycles. The monoisotopic (exact) mass is 415 g/mol. The molecule has 5 nitrogen and oxygen atoms in total. The normalized spacial score (nSPS) is 10.7. The second-order valence-corrected chi connectivity index (χ2v) is 7.73. The molecule has 4 rings (SSSR count). The minimum absolute atomic E-state index is 0.385. The number of fused-ring (bicyclic) bond motifs is 1. The van der Waals surface area contributed by atoms with E-state index in [0.29, 0.717) is 30.3 Å². The Labute approximate surface area is 179 Å². The van der Waals surface area contributed by atoms with Gasteiger partial charge in [0.25, 0.3) is 0 Å². The van der Waals surface area contributed by atoms with Crippen molar-refractivity contribution >= 4 is 27.2 Å². The zero-order valence-corrected chi connectivity index (χ0v) is 17.4. The van der Waals surface area contributed by atoms with Crippen molar-refractivity contribution in [3.05, 3.63) is 82.4 Å². The fourth-order valence-corrected chi connectivity index (χ4v) is 4.40. The number of ether oxygens (including phenoxy) is 2. The lowest BCUT2D eigenvalue weighted by molar-refractivity contribution is 0.291. The maximum Gasteiger partial charge on any atom is 0.132 e. The van der Waals surface area contributed by atoms with Crippen LogP contribution < -0.4 is 15.2 Å². The van der Waals surface area contributed by atoms with Gasteiger partial charge in [-0.15, -0.1) is 11.3 Å². The maximum atomic E-state index is 9.02. The van der Waals surface area contributed by atoms with Crippen LogP contribution in [-0.2, 0) is 19.6 Å². The van der Waals surface area contributed by atoms with Crippen LogP contribution in [0.15, 0.2) is 60.1 Å². The fourth-order valence-electron chi connectivity index (χ4n) is 3.25. The van der Waals surface area contributed by atoms with Gasteiger partial charge in [-0.2, -0.15) is 5.26 Å². The van der Waals surface area contributed by atoms with E-state index >= 15 is 0 Å². The molecule has 2 aromatic heterocycles. The van der Waals surface area contributed by atoms with Gasteiger partial charge in [0.2, 0.25) is 0 Å². The molecule has 0 aliphatic rings. The SMILES string of the molecule is CCc1cnc(N)c2c(COc3cccc(OCc4cccc(C#N)c4)c3)csc12. The molecule has 150 valence electrons. The van der Waals surface area contributed by atoms with Crippen molar-refractivity contribution in [1.82, 2.24) is 4.98 Å². The summed E-state index contributed by atoms with van der Waals surface area (Å²) in [6.07, 6.45) is 2.77. The van der Waals surface area contributed by atoms with Crippen molar-refractivity contribution in [2.45, 2.75) is 26.6 Å². The van der Waals surface area contributed by atoms with Gasteiger partial charge in [-0.3, -0.25) is 0 Å². The lowest BCUT2D eigenvalue weighted by Gasteiger charge is -2.10. The van der Waals surface area contributed by atoms with Crippen molar-refractivity contribution in [2.75, 3.05) is 5.73 Å². The molecule has 0 unspecified atom stereocenters. The Morgan fingerprint density at radius 3 is 2.57 bits per heavy atom. The van der Waals surface area contributed by atoms with Gasteiger partial charge in [0.1, 0.15) is 30.5 Å². The van der Waals surface area contributed by atoms with E-state index in [0.717, 1.165) is 28.7 Å².